The Morgan fingerprint density at radius 2 is 2.05 bits per heavy atom. The lowest BCUT2D eigenvalue weighted by Crippen LogP contribution is -2.44. The summed E-state index contributed by atoms with van der Waals surface area (Å²) in [6.07, 6.45) is 1.77. The zero-order chi connectivity index (χ0) is 14.7. The van der Waals surface area contributed by atoms with Crippen LogP contribution in [0.2, 0.25) is 0 Å². The highest BCUT2D eigenvalue weighted by Gasteiger charge is 2.30. The van der Waals surface area contributed by atoms with Gasteiger partial charge in [0.15, 0.2) is 11.5 Å². The number of carbonyl (C=O) groups excluding carboxylic acids is 1. The number of aliphatic hydroxyl groups is 1. The van der Waals surface area contributed by atoms with Gasteiger partial charge in [0.2, 0.25) is 5.91 Å². The van der Waals surface area contributed by atoms with Gasteiger partial charge in [-0.1, -0.05) is 6.07 Å². The molecule has 1 aliphatic carbocycles. The first-order chi connectivity index (χ1) is 9.47. The van der Waals surface area contributed by atoms with Crippen LogP contribution in [0.1, 0.15) is 18.4 Å². The van der Waals surface area contributed by atoms with Gasteiger partial charge in [-0.2, -0.15) is 0 Å². The molecule has 1 aliphatic rings. The molecular weight excluding hydrogens is 260 g/mol. The normalized spacial score (nSPS) is 17.5. The van der Waals surface area contributed by atoms with Crippen LogP contribution < -0.4 is 11.1 Å². The van der Waals surface area contributed by atoms with E-state index in [1.165, 1.54) is 12.1 Å². The second-order valence-electron chi connectivity index (χ2n) is 5.28. The van der Waals surface area contributed by atoms with Crippen molar-refractivity contribution >= 4 is 5.91 Å². The molecule has 0 aliphatic heterocycles. The molecular formula is C14H20N2O4. The van der Waals surface area contributed by atoms with E-state index in [4.69, 9.17) is 5.73 Å². The van der Waals surface area contributed by atoms with E-state index in [1.54, 1.807) is 6.07 Å². The molecule has 2 rings (SSSR count). The third kappa shape index (κ3) is 3.85. The number of amides is 1. The summed E-state index contributed by atoms with van der Waals surface area (Å²) in [5.41, 5.74) is 6.44. The van der Waals surface area contributed by atoms with Crippen molar-refractivity contribution in [3.8, 4) is 11.5 Å². The molecule has 6 nitrogen and oxygen atoms in total. The van der Waals surface area contributed by atoms with Crippen LogP contribution in [0.5, 0.6) is 11.5 Å². The molecule has 0 bridgehead atoms. The summed E-state index contributed by atoms with van der Waals surface area (Å²) in [4.78, 5) is 11.8. The first kappa shape index (κ1) is 14.6. The minimum absolute atomic E-state index is 0.209. The Labute approximate surface area is 117 Å². The number of hydrogen-bond donors (Lipinski definition) is 5. The lowest BCUT2D eigenvalue weighted by molar-refractivity contribution is -0.122. The van der Waals surface area contributed by atoms with Crippen molar-refractivity contribution in [3.05, 3.63) is 23.8 Å². The summed E-state index contributed by atoms with van der Waals surface area (Å²) < 4.78 is 0. The summed E-state index contributed by atoms with van der Waals surface area (Å²) in [7, 11) is 0. The van der Waals surface area contributed by atoms with Gasteiger partial charge in [-0.15, -0.1) is 0 Å². The second-order valence-corrected chi connectivity index (χ2v) is 5.28. The number of benzene rings is 1. The third-order valence-electron chi connectivity index (χ3n) is 3.48. The fourth-order valence-corrected chi connectivity index (χ4v) is 2.03. The van der Waals surface area contributed by atoms with Crippen LogP contribution in [-0.2, 0) is 11.2 Å². The molecule has 20 heavy (non-hydrogen) atoms. The summed E-state index contributed by atoms with van der Waals surface area (Å²) >= 11 is 0. The molecule has 1 fully saturated rings. The van der Waals surface area contributed by atoms with Crippen LogP contribution >= 0.6 is 0 Å². The molecule has 0 radical (unpaired) electrons. The number of nitrogens with one attached hydrogen (secondary N) is 1. The quantitative estimate of drug-likeness (QED) is 0.465. The molecule has 110 valence electrons. The Balaban J connectivity index is 1.81. The largest absolute Gasteiger partial charge is 0.504 e. The Morgan fingerprint density at radius 1 is 1.35 bits per heavy atom. The maximum absolute atomic E-state index is 11.8. The summed E-state index contributed by atoms with van der Waals surface area (Å²) in [6.45, 7) is 0.220. The molecule has 1 saturated carbocycles. The summed E-state index contributed by atoms with van der Waals surface area (Å²) in [6, 6.07) is 3.57. The Bertz CT molecular complexity index is 488. The number of carbonyl (C=O) groups is 1. The maximum Gasteiger partial charge on any atom is 0.237 e. The minimum atomic E-state index is -0.759. The van der Waals surface area contributed by atoms with Gasteiger partial charge in [0.05, 0.1) is 12.1 Å². The lowest BCUT2D eigenvalue weighted by Gasteiger charge is -2.15. The van der Waals surface area contributed by atoms with Crippen molar-refractivity contribution in [2.75, 3.05) is 6.54 Å². The fraction of sp³-hybridized carbons (Fsp3) is 0.500. The number of aromatic hydroxyl groups is 2. The van der Waals surface area contributed by atoms with Crippen LogP contribution in [0.25, 0.3) is 0 Å². The van der Waals surface area contributed by atoms with Crippen molar-refractivity contribution in [2.24, 2.45) is 11.7 Å². The second kappa shape index (κ2) is 6.11. The van der Waals surface area contributed by atoms with Crippen LogP contribution in [0.15, 0.2) is 18.2 Å². The summed E-state index contributed by atoms with van der Waals surface area (Å²) in [5.74, 6) is -0.476. The standard InChI is InChI=1S/C14H20N2O4/c15-10(5-8-1-4-11(17)12(18)6-8)14(20)16-7-13(19)9-2-3-9/h1,4,6,9-10,13,17-19H,2-3,5,7,15H2,(H,16,20)/t10-,13?/m0/s1. The molecule has 1 unspecified atom stereocenters. The van der Waals surface area contributed by atoms with Gasteiger partial charge in [-0.05, 0) is 42.9 Å². The van der Waals surface area contributed by atoms with E-state index >= 15 is 0 Å². The molecule has 0 aromatic heterocycles. The van der Waals surface area contributed by atoms with Crippen molar-refractivity contribution in [1.82, 2.24) is 5.32 Å². The number of hydrogen-bond acceptors (Lipinski definition) is 5. The molecule has 0 spiro atoms. The monoisotopic (exact) mass is 280 g/mol. The highest BCUT2D eigenvalue weighted by molar-refractivity contribution is 5.81. The lowest BCUT2D eigenvalue weighted by atomic mass is 10.1. The van der Waals surface area contributed by atoms with Crippen molar-refractivity contribution < 1.29 is 20.1 Å². The van der Waals surface area contributed by atoms with E-state index in [9.17, 15) is 20.1 Å². The van der Waals surface area contributed by atoms with Crippen LogP contribution in [0, 0.1) is 5.92 Å². The average Bonchev–Trinajstić information content (AvgIpc) is 3.24. The molecule has 1 amide bonds. The van der Waals surface area contributed by atoms with Gasteiger partial charge in [-0.25, -0.2) is 0 Å². The molecule has 0 heterocycles. The predicted octanol–water partition coefficient (Wildman–Crippen LogP) is -0.145. The topological polar surface area (TPSA) is 116 Å². The van der Waals surface area contributed by atoms with Crippen molar-refractivity contribution in [2.45, 2.75) is 31.4 Å². The number of phenols is 2. The Morgan fingerprint density at radius 3 is 2.65 bits per heavy atom. The molecule has 1 aromatic rings. The van der Waals surface area contributed by atoms with Gasteiger partial charge < -0.3 is 26.4 Å². The minimum Gasteiger partial charge on any atom is -0.504 e. The highest BCUT2D eigenvalue weighted by atomic mass is 16.3. The van der Waals surface area contributed by atoms with Gasteiger partial charge in [-0.3, -0.25) is 4.79 Å². The number of nitrogens with two attached hydrogens (primary N) is 1. The van der Waals surface area contributed by atoms with Gasteiger partial charge in [0.25, 0.3) is 0 Å². The molecule has 6 N–H and O–H groups in total. The van der Waals surface area contributed by atoms with Gasteiger partial charge >= 0.3 is 0 Å². The zero-order valence-corrected chi connectivity index (χ0v) is 11.1. The molecule has 2 atom stereocenters. The van der Waals surface area contributed by atoms with Crippen LogP contribution in [0.3, 0.4) is 0 Å². The first-order valence-electron chi connectivity index (χ1n) is 6.69. The molecule has 1 aromatic carbocycles. The Hall–Kier alpha value is -1.79. The smallest absolute Gasteiger partial charge is 0.237 e. The fourth-order valence-electron chi connectivity index (χ4n) is 2.03. The molecule has 0 saturated heterocycles. The van der Waals surface area contributed by atoms with E-state index < -0.39 is 12.1 Å². The van der Waals surface area contributed by atoms with E-state index in [2.05, 4.69) is 5.32 Å². The van der Waals surface area contributed by atoms with Gasteiger partial charge in [0.1, 0.15) is 0 Å². The van der Waals surface area contributed by atoms with Crippen molar-refractivity contribution in [3.63, 3.8) is 0 Å². The number of rotatable bonds is 6. The van der Waals surface area contributed by atoms with Gasteiger partial charge in [0, 0.05) is 6.54 Å². The molecule has 6 heteroatoms. The number of phenolic OH excluding ortho intramolecular Hbond substituents is 2. The first-order valence-corrected chi connectivity index (χ1v) is 6.69. The third-order valence-corrected chi connectivity index (χ3v) is 3.48. The SMILES string of the molecule is N[C@@H](Cc1ccc(O)c(O)c1)C(=O)NCC(O)C1CC1. The van der Waals surface area contributed by atoms with E-state index in [0.29, 0.717) is 11.5 Å². The highest BCUT2D eigenvalue weighted by Crippen LogP contribution is 2.32. The average molecular weight is 280 g/mol. The van der Waals surface area contributed by atoms with E-state index in [1.807, 2.05) is 0 Å². The number of aliphatic hydroxyl groups excluding tert-OH is 1. The predicted molar refractivity (Wildman–Crippen MR) is 73.2 cm³/mol. The van der Waals surface area contributed by atoms with E-state index in [-0.39, 0.29) is 30.4 Å². The van der Waals surface area contributed by atoms with Crippen LogP contribution in [-0.4, -0.2) is 39.9 Å². The van der Waals surface area contributed by atoms with E-state index in [0.717, 1.165) is 12.8 Å². The Kier molecular flexibility index (Phi) is 4.46. The maximum atomic E-state index is 11.8. The zero-order valence-electron chi connectivity index (χ0n) is 11.1. The van der Waals surface area contributed by atoms with Crippen LogP contribution in [0.4, 0.5) is 0 Å². The van der Waals surface area contributed by atoms with Crippen molar-refractivity contribution in [1.29, 1.82) is 0 Å². The summed E-state index contributed by atoms with van der Waals surface area (Å²) in [5, 5.41) is 30.9.